The molecule has 1 unspecified atom stereocenters. The van der Waals surface area contributed by atoms with Gasteiger partial charge in [-0.05, 0) is 24.5 Å². The molecule has 0 fully saturated rings. The molecular weight excluding hydrogens is 204 g/mol. The smallest absolute Gasteiger partial charge is 0.137 e. The highest BCUT2D eigenvalue weighted by Crippen LogP contribution is 2.15. The van der Waals surface area contributed by atoms with Gasteiger partial charge in [-0.25, -0.2) is 4.98 Å². The van der Waals surface area contributed by atoms with E-state index in [-0.39, 0.29) is 12.6 Å². The molecule has 1 atom stereocenters. The minimum absolute atomic E-state index is 0.187. The molecule has 0 aromatic carbocycles. The van der Waals surface area contributed by atoms with Gasteiger partial charge in [-0.2, -0.15) is 0 Å². The third-order valence-corrected chi connectivity index (χ3v) is 2.55. The third-order valence-electron chi connectivity index (χ3n) is 2.55. The summed E-state index contributed by atoms with van der Waals surface area (Å²) in [4.78, 5) is 4.24. The predicted octanol–water partition coefficient (Wildman–Crippen LogP) is 1.91. The predicted molar refractivity (Wildman–Crippen MR) is 64.7 cm³/mol. The van der Waals surface area contributed by atoms with Crippen LogP contribution in [0.4, 0.5) is 5.82 Å². The van der Waals surface area contributed by atoms with Crippen LogP contribution in [0.2, 0.25) is 0 Å². The second kappa shape index (κ2) is 6.33. The molecule has 16 heavy (non-hydrogen) atoms. The first-order chi connectivity index (χ1) is 7.67. The van der Waals surface area contributed by atoms with Crippen molar-refractivity contribution >= 4 is 5.82 Å². The quantitative estimate of drug-likeness (QED) is 0.775. The van der Waals surface area contributed by atoms with Crippen molar-refractivity contribution in [2.75, 3.05) is 19.0 Å². The van der Waals surface area contributed by atoms with E-state index in [1.807, 2.05) is 12.1 Å². The monoisotopic (exact) mass is 224 g/mol. The van der Waals surface area contributed by atoms with E-state index in [0.717, 1.165) is 18.0 Å². The van der Waals surface area contributed by atoms with E-state index in [9.17, 15) is 0 Å². The Morgan fingerprint density at radius 1 is 1.44 bits per heavy atom. The lowest BCUT2D eigenvalue weighted by Crippen LogP contribution is -2.27. The number of aliphatic hydroxyl groups is 1. The van der Waals surface area contributed by atoms with E-state index in [4.69, 9.17) is 9.84 Å². The standard InChI is InChI=1S/C12H20N2O2/c1-9(2)11(6-7-15)14-12-5-4-10(16-3)8-13-12/h4-5,8-9,11,15H,6-7H2,1-3H3,(H,13,14). The maximum Gasteiger partial charge on any atom is 0.137 e. The number of hydrogen-bond donors (Lipinski definition) is 2. The minimum Gasteiger partial charge on any atom is -0.495 e. The Morgan fingerprint density at radius 2 is 2.19 bits per heavy atom. The molecule has 1 aromatic rings. The van der Waals surface area contributed by atoms with Crippen LogP contribution >= 0.6 is 0 Å². The van der Waals surface area contributed by atoms with Gasteiger partial charge in [0.15, 0.2) is 0 Å². The SMILES string of the molecule is COc1ccc(NC(CCO)C(C)C)nc1. The second-order valence-electron chi connectivity index (χ2n) is 4.09. The zero-order valence-electron chi connectivity index (χ0n) is 10.1. The van der Waals surface area contributed by atoms with Crippen LogP contribution in [0.3, 0.4) is 0 Å². The molecular formula is C12H20N2O2. The third kappa shape index (κ3) is 3.70. The number of pyridine rings is 1. The number of aliphatic hydroxyl groups excluding tert-OH is 1. The number of hydrogen-bond acceptors (Lipinski definition) is 4. The van der Waals surface area contributed by atoms with E-state index in [1.165, 1.54) is 0 Å². The Bertz CT molecular complexity index is 298. The van der Waals surface area contributed by atoms with E-state index < -0.39 is 0 Å². The number of anilines is 1. The number of nitrogens with one attached hydrogen (secondary N) is 1. The molecule has 0 saturated heterocycles. The zero-order chi connectivity index (χ0) is 12.0. The van der Waals surface area contributed by atoms with Crippen LogP contribution in [0, 0.1) is 5.92 Å². The number of aromatic nitrogens is 1. The molecule has 0 spiro atoms. The summed E-state index contributed by atoms with van der Waals surface area (Å²) in [7, 11) is 1.62. The van der Waals surface area contributed by atoms with Gasteiger partial charge in [0.05, 0.1) is 13.3 Å². The highest BCUT2D eigenvalue weighted by atomic mass is 16.5. The first-order valence-electron chi connectivity index (χ1n) is 5.54. The summed E-state index contributed by atoms with van der Waals surface area (Å²) in [5, 5.41) is 12.3. The summed E-state index contributed by atoms with van der Waals surface area (Å²) in [6.07, 6.45) is 2.41. The fraction of sp³-hybridized carbons (Fsp3) is 0.583. The van der Waals surface area contributed by atoms with Gasteiger partial charge in [0.1, 0.15) is 11.6 Å². The van der Waals surface area contributed by atoms with Crippen molar-refractivity contribution in [1.29, 1.82) is 0 Å². The van der Waals surface area contributed by atoms with E-state index in [2.05, 4.69) is 24.1 Å². The zero-order valence-corrected chi connectivity index (χ0v) is 10.1. The molecule has 1 rings (SSSR count). The van der Waals surface area contributed by atoms with Gasteiger partial charge in [0.25, 0.3) is 0 Å². The van der Waals surface area contributed by atoms with Crippen molar-refractivity contribution in [2.24, 2.45) is 5.92 Å². The van der Waals surface area contributed by atoms with Crippen LogP contribution in [-0.2, 0) is 0 Å². The van der Waals surface area contributed by atoms with Crippen LogP contribution in [0.1, 0.15) is 20.3 Å². The number of methoxy groups -OCH3 is 1. The molecule has 0 radical (unpaired) electrons. The van der Waals surface area contributed by atoms with E-state index in [0.29, 0.717) is 5.92 Å². The summed E-state index contributed by atoms with van der Waals surface area (Å²) in [6, 6.07) is 3.99. The topological polar surface area (TPSA) is 54.4 Å². The average molecular weight is 224 g/mol. The van der Waals surface area contributed by atoms with Crippen LogP contribution in [-0.4, -0.2) is 29.8 Å². The Labute approximate surface area is 96.7 Å². The van der Waals surface area contributed by atoms with Gasteiger partial charge in [0.2, 0.25) is 0 Å². The fourth-order valence-corrected chi connectivity index (χ4v) is 1.49. The van der Waals surface area contributed by atoms with Crippen molar-refractivity contribution in [2.45, 2.75) is 26.3 Å². The normalized spacial score (nSPS) is 12.6. The lowest BCUT2D eigenvalue weighted by molar-refractivity contribution is 0.267. The molecule has 0 saturated carbocycles. The minimum atomic E-state index is 0.187. The number of ether oxygens (including phenoxy) is 1. The van der Waals surface area contributed by atoms with Gasteiger partial charge in [-0.15, -0.1) is 0 Å². The molecule has 0 aliphatic carbocycles. The molecule has 0 aliphatic rings. The highest BCUT2D eigenvalue weighted by Gasteiger charge is 2.12. The summed E-state index contributed by atoms with van der Waals surface area (Å²) in [6.45, 7) is 4.43. The highest BCUT2D eigenvalue weighted by molar-refractivity contribution is 5.38. The molecule has 90 valence electrons. The number of nitrogens with zero attached hydrogens (tertiary/aromatic N) is 1. The Morgan fingerprint density at radius 3 is 2.62 bits per heavy atom. The molecule has 1 aromatic heterocycles. The van der Waals surface area contributed by atoms with Crippen LogP contribution in [0.15, 0.2) is 18.3 Å². The largest absolute Gasteiger partial charge is 0.495 e. The van der Waals surface area contributed by atoms with Gasteiger partial charge in [-0.1, -0.05) is 13.8 Å². The van der Waals surface area contributed by atoms with Gasteiger partial charge < -0.3 is 15.2 Å². The van der Waals surface area contributed by atoms with Crippen molar-refractivity contribution in [3.8, 4) is 5.75 Å². The summed E-state index contributed by atoms with van der Waals surface area (Å²) in [5.41, 5.74) is 0. The second-order valence-corrected chi connectivity index (χ2v) is 4.09. The maximum absolute atomic E-state index is 8.97. The summed E-state index contributed by atoms with van der Waals surface area (Å²) in [5.74, 6) is 2.01. The molecule has 0 aliphatic heterocycles. The van der Waals surface area contributed by atoms with Gasteiger partial charge in [-0.3, -0.25) is 0 Å². The lowest BCUT2D eigenvalue weighted by atomic mass is 10.0. The molecule has 1 heterocycles. The van der Waals surface area contributed by atoms with Crippen molar-refractivity contribution in [3.63, 3.8) is 0 Å². The van der Waals surface area contributed by atoms with Gasteiger partial charge in [0, 0.05) is 12.6 Å². The van der Waals surface area contributed by atoms with Crippen molar-refractivity contribution < 1.29 is 9.84 Å². The van der Waals surface area contributed by atoms with Crippen molar-refractivity contribution in [3.05, 3.63) is 18.3 Å². The van der Waals surface area contributed by atoms with Crippen LogP contribution < -0.4 is 10.1 Å². The average Bonchev–Trinajstić information content (AvgIpc) is 2.29. The number of rotatable bonds is 6. The molecule has 4 nitrogen and oxygen atoms in total. The van der Waals surface area contributed by atoms with E-state index in [1.54, 1.807) is 13.3 Å². The first kappa shape index (κ1) is 12.8. The Hall–Kier alpha value is -1.29. The first-order valence-corrected chi connectivity index (χ1v) is 5.54. The Balaban J connectivity index is 2.62. The van der Waals surface area contributed by atoms with E-state index >= 15 is 0 Å². The van der Waals surface area contributed by atoms with Crippen LogP contribution in [0.25, 0.3) is 0 Å². The lowest BCUT2D eigenvalue weighted by Gasteiger charge is -2.22. The molecule has 2 N–H and O–H groups in total. The van der Waals surface area contributed by atoms with Crippen LogP contribution in [0.5, 0.6) is 5.75 Å². The summed E-state index contributed by atoms with van der Waals surface area (Å²) >= 11 is 0. The Kier molecular flexibility index (Phi) is 5.05. The van der Waals surface area contributed by atoms with Crippen molar-refractivity contribution in [1.82, 2.24) is 4.98 Å². The maximum atomic E-state index is 8.97. The molecule has 0 bridgehead atoms. The molecule has 0 amide bonds. The summed E-state index contributed by atoms with van der Waals surface area (Å²) < 4.78 is 5.04. The van der Waals surface area contributed by atoms with Gasteiger partial charge >= 0.3 is 0 Å². The molecule has 4 heteroatoms. The fourth-order valence-electron chi connectivity index (χ4n) is 1.49.